The van der Waals surface area contributed by atoms with Gasteiger partial charge < -0.3 is 9.84 Å². The van der Waals surface area contributed by atoms with Gasteiger partial charge >= 0.3 is 0 Å². The summed E-state index contributed by atoms with van der Waals surface area (Å²) in [4.78, 5) is 19.5. The summed E-state index contributed by atoms with van der Waals surface area (Å²) >= 11 is 3.47. The number of carbonyl (C=O) groups is 1. The minimum absolute atomic E-state index is 0.0585. The van der Waals surface area contributed by atoms with Gasteiger partial charge in [-0.15, -0.1) is 0 Å². The van der Waals surface area contributed by atoms with Crippen LogP contribution in [0.4, 0.5) is 0 Å². The number of amides is 1. The molecule has 2 aliphatic rings. The topological polar surface area (TPSA) is 71.3 Å². The van der Waals surface area contributed by atoms with Crippen molar-refractivity contribution in [1.82, 2.24) is 20.4 Å². The van der Waals surface area contributed by atoms with Crippen LogP contribution in [0.5, 0.6) is 0 Å². The molecule has 28 heavy (non-hydrogen) atoms. The van der Waals surface area contributed by atoms with Gasteiger partial charge in [0.05, 0.1) is 12.5 Å². The van der Waals surface area contributed by atoms with Crippen LogP contribution in [0.2, 0.25) is 0 Å². The smallest absolute Gasteiger partial charge is 0.241 e. The van der Waals surface area contributed by atoms with E-state index in [1.54, 1.807) is 0 Å². The normalized spacial score (nSPS) is 21.5. The summed E-state index contributed by atoms with van der Waals surface area (Å²) in [5.74, 6) is 1.48. The monoisotopic (exact) mass is 446 g/mol. The molecular weight excluding hydrogens is 420 g/mol. The molecule has 2 heterocycles. The molecule has 1 saturated heterocycles. The SMILES string of the molecule is O=C(NC1CCCCC1)C1CCCN(Cc2nc(-c3cccc(Br)c3)no2)C1. The number of hydrogen-bond acceptors (Lipinski definition) is 5. The molecular formula is C21H27BrN4O2. The van der Waals surface area contributed by atoms with E-state index in [0.29, 0.717) is 24.3 Å². The lowest BCUT2D eigenvalue weighted by Crippen LogP contribution is -2.46. The molecule has 1 aliphatic heterocycles. The van der Waals surface area contributed by atoms with Crippen molar-refractivity contribution in [3.8, 4) is 11.4 Å². The Labute approximate surface area is 174 Å². The third-order valence-corrected chi connectivity index (χ3v) is 6.23. The van der Waals surface area contributed by atoms with Crippen LogP contribution in [-0.4, -0.2) is 40.1 Å². The van der Waals surface area contributed by atoms with Crippen LogP contribution in [0.25, 0.3) is 11.4 Å². The van der Waals surface area contributed by atoms with Crippen molar-refractivity contribution in [2.45, 2.75) is 57.5 Å². The van der Waals surface area contributed by atoms with E-state index in [0.717, 1.165) is 48.8 Å². The highest BCUT2D eigenvalue weighted by atomic mass is 79.9. The van der Waals surface area contributed by atoms with Crippen molar-refractivity contribution in [3.63, 3.8) is 0 Å². The molecule has 4 rings (SSSR count). The van der Waals surface area contributed by atoms with Crippen LogP contribution in [0, 0.1) is 5.92 Å². The minimum Gasteiger partial charge on any atom is -0.353 e. The molecule has 1 saturated carbocycles. The van der Waals surface area contributed by atoms with Gasteiger partial charge in [-0.05, 0) is 44.4 Å². The lowest BCUT2D eigenvalue weighted by Gasteiger charge is -2.32. The van der Waals surface area contributed by atoms with E-state index in [1.807, 2.05) is 24.3 Å². The lowest BCUT2D eigenvalue weighted by molar-refractivity contribution is -0.127. The second-order valence-corrected chi connectivity index (χ2v) is 8.86. The molecule has 6 nitrogen and oxygen atoms in total. The molecule has 0 radical (unpaired) electrons. The van der Waals surface area contributed by atoms with Gasteiger partial charge in [-0.25, -0.2) is 0 Å². The van der Waals surface area contributed by atoms with Crippen LogP contribution >= 0.6 is 15.9 Å². The number of rotatable bonds is 5. The molecule has 1 aliphatic carbocycles. The highest BCUT2D eigenvalue weighted by Gasteiger charge is 2.28. The molecule has 0 bridgehead atoms. The second-order valence-electron chi connectivity index (χ2n) is 7.94. The molecule has 0 spiro atoms. The van der Waals surface area contributed by atoms with Crippen molar-refractivity contribution >= 4 is 21.8 Å². The van der Waals surface area contributed by atoms with Crippen molar-refractivity contribution < 1.29 is 9.32 Å². The maximum absolute atomic E-state index is 12.7. The Morgan fingerprint density at radius 2 is 2.07 bits per heavy atom. The molecule has 1 N–H and O–H groups in total. The van der Waals surface area contributed by atoms with Crippen LogP contribution in [0.3, 0.4) is 0 Å². The fourth-order valence-electron chi connectivity index (χ4n) is 4.23. The summed E-state index contributed by atoms with van der Waals surface area (Å²) in [5.41, 5.74) is 0.924. The number of piperidine rings is 1. The molecule has 1 atom stereocenters. The maximum Gasteiger partial charge on any atom is 0.241 e. The van der Waals surface area contributed by atoms with Gasteiger partial charge in [0.2, 0.25) is 17.6 Å². The summed E-state index contributed by atoms with van der Waals surface area (Å²) in [6.45, 7) is 2.31. The van der Waals surface area contributed by atoms with Gasteiger partial charge in [-0.3, -0.25) is 9.69 Å². The fourth-order valence-corrected chi connectivity index (χ4v) is 4.63. The average Bonchev–Trinajstić information content (AvgIpc) is 3.17. The van der Waals surface area contributed by atoms with Gasteiger partial charge in [-0.1, -0.05) is 52.5 Å². The second kappa shape index (κ2) is 9.18. The van der Waals surface area contributed by atoms with E-state index in [4.69, 9.17) is 4.52 Å². The molecule has 1 unspecified atom stereocenters. The predicted octanol–water partition coefficient (Wildman–Crippen LogP) is 4.16. The first-order valence-electron chi connectivity index (χ1n) is 10.3. The number of carbonyl (C=O) groups excluding carboxylic acids is 1. The third kappa shape index (κ3) is 5.00. The van der Waals surface area contributed by atoms with E-state index in [2.05, 4.69) is 36.3 Å². The number of nitrogens with one attached hydrogen (secondary N) is 1. The summed E-state index contributed by atoms with van der Waals surface area (Å²) < 4.78 is 6.45. The molecule has 1 aromatic heterocycles. The Morgan fingerprint density at radius 1 is 1.21 bits per heavy atom. The zero-order valence-corrected chi connectivity index (χ0v) is 17.7. The molecule has 1 aromatic carbocycles. The fraction of sp³-hybridized carbons (Fsp3) is 0.571. The number of halogens is 1. The Balaban J connectivity index is 1.33. The number of nitrogens with zero attached hydrogens (tertiary/aromatic N) is 3. The summed E-state index contributed by atoms with van der Waals surface area (Å²) in [6.07, 6.45) is 8.01. The molecule has 1 amide bonds. The minimum atomic E-state index is 0.0585. The average molecular weight is 447 g/mol. The Hall–Kier alpha value is -1.73. The molecule has 2 aromatic rings. The Morgan fingerprint density at radius 3 is 2.89 bits per heavy atom. The van der Waals surface area contributed by atoms with Gasteiger partial charge in [-0.2, -0.15) is 4.98 Å². The number of aromatic nitrogens is 2. The van der Waals surface area contributed by atoms with Crippen molar-refractivity contribution in [2.75, 3.05) is 13.1 Å². The first kappa shape index (κ1) is 19.6. The quantitative estimate of drug-likeness (QED) is 0.746. The van der Waals surface area contributed by atoms with E-state index in [9.17, 15) is 4.79 Å². The summed E-state index contributed by atoms with van der Waals surface area (Å²) in [5, 5.41) is 7.39. The zero-order valence-electron chi connectivity index (χ0n) is 16.1. The summed E-state index contributed by atoms with van der Waals surface area (Å²) in [7, 11) is 0. The van der Waals surface area contributed by atoms with Crippen LogP contribution < -0.4 is 5.32 Å². The van der Waals surface area contributed by atoms with E-state index in [-0.39, 0.29) is 11.8 Å². The summed E-state index contributed by atoms with van der Waals surface area (Å²) in [6, 6.07) is 8.24. The van der Waals surface area contributed by atoms with Crippen LogP contribution in [0.1, 0.15) is 50.8 Å². The van der Waals surface area contributed by atoms with Crippen LogP contribution in [0.15, 0.2) is 33.3 Å². The Kier molecular flexibility index (Phi) is 6.42. The highest BCUT2D eigenvalue weighted by Crippen LogP contribution is 2.23. The molecule has 7 heteroatoms. The van der Waals surface area contributed by atoms with E-state index in [1.165, 1.54) is 19.3 Å². The number of likely N-dealkylation sites (tertiary alicyclic amines) is 1. The number of hydrogen-bond donors (Lipinski definition) is 1. The molecule has 150 valence electrons. The first-order chi connectivity index (χ1) is 13.7. The zero-order chi connectivity index (χ0) is 19.3. The maximum atomic E-state index is 12.7. The van der Waals surface area contributed by atoms with E-state index < -0.39 is 0 Å². The van der Waals surface area contributed by atoms with Crippen molar-refractivity contribution in [1.29, 1.82) is 0 Å². The van der Waals surface area contributed by atoms with Gasteiger partial charge in [0.15, 0.2) is 0 Å². The third-order valence-electron chi connectivity index (χ3n) is 5.74. The molecule has 2 fully saturated rings. The van der Waals surface area contributed by atoms with Crippen LogP contribution in [-0.2, 0) is 11.3 Å². The van der Waals surface area contributed by atoms with Crippen molar-refractivity contribution in [3.05, 3.63) is 34.6 Å². The first-order valence-corrected chi connectivity index (χ1v) is 11.1. The van der Waals surface area contributed by atoms with E-state index >= 15 is 0 Å². The van der Waals surface area contributed by atoms with Gasteiger partial charge in [0, 0.05) is 22.6 Å². The largest absolute Gasteiger partial charge is 0.353 e. The number of benzene rings is 1. The van der Waals surface area contributed by atoms with Gasteiger partial charge in [0.25, 0.3) is 0 Å². The van der Waals surface area contributed by atoms with Crippen molar-refractivity contribution in [2.24, 2.45) is 5.92 Å². The lowest BCUT2D eigenvalue weighted by atomic mass is 9.93. The standard InChI is InChI=1S/C21H27BrN4O2/c22-17-8-4-6-15(12-17)20-24-19(28-25-20)14-26-11-5-7-16(13-26)21(27)23-18-9-2-1-3-10-18/h4,6,8,12,16,18H,1-3,5,7,9-11,13-14H2,(H,23,27). The highest BCUT2D eigenvalue weighted by molar-refractivity contribution is 9.10. The predicted molar refractivity (Wildman–Crippen MR) is 110 cm³/mol. The Bertz CT molecular complexity index is 803. The van der Waals surface area contributed by atoms with Gasteiger partial charge in [0.1, 0.15) is 0 Å².